The molecular weight excluding hydrogens is 298 g/mol. The molecule has 1 aromatic carbocycles. The van der Waals surface area contributed by atoms with E-state index in [9.17, 15) is 8.78 Å². The largest absolute Gasteiger partial charge is 0.356 e. The molecule has 128 valence electrons. The summed E-state index contributed by atoms with van der Waals surface area (Å²) in [5, 5.41) is 6.26. The van der Waals surface area contributed by atoms with Crippen molar-refractivity contribution >= 4 is 5.96 Å². The number of hydrogen-bond donors (Lipinski definition) is 2. The van der Waals surface area contributed by atoms with Crippen molar-refractivity contribution in [1.29, 1.82) is 0 Å². The van der Waals surface area contributed by atoms with E-state index in [4.69, 9.17) is 0 Å². The summed E-state index contributed by atoms with van der Waals surface area (Å²) in [6.45, 7) is 3.37. The number of piperidine rings is 1. The van der Waals surface area contributed by atoms with Crippen LogP contribution >= 0.6 is 0 Å². The van der Waals surface area contributed by atoms with Crippen LogP contribution in [0.4, 0.5) is 8.78 Å². The molecule has 0 radical (unpaired) electrons. The third kappa shape index (κ3) is 5.78. The lowest BCUT2D eigenvalue weighted by atomic mass is 9.94. The van der Waals surface area contributed by atoms with Crippen LogP contribution in [0.5, 0.6) is 0 Å². The summed E-state index contributed by atoms with van der Waals surface area (Å²) >= 11 is 0. The fourth-order valence-corrected chi connectivity index (χ4v) is 2.82. The molecule has 1 aromatic rings. The van der Waals surface area contributed by atoms with E-state index < -0.39 is 11.6 Å². The van der Waals surface area contributed by atoms with Crippen molar-refractivity contribution in [3.8, 4) is 0 Å². The smallest absolute Gasteiger partial charge is 0.191 e. The first-order valence-electron chi connectivity index (χ1n) is 8.15. The van der Waals surface area contributed by atoms with E-state index in [0.717, 1.165) is 44.1 Å². The van der Waals surface area contributed by atoms with E-state index in [1.807, 2.05) is 0 Å². The molecule has 23 heavy (non-hydrogen) atoms. The van der Waals surface area contributed by atoms with Gasteiger partial charge in [0.2, 0.25) is 0 Å². The van der Waals surface area contributed by atoms with Gasteiger partial charge in [0.25, 0.3) is 0 Å². The molecule has 2 N–H and O–H groups in total. The number of nitrogens with one attached hydrogen (secondary N) is 2. The van der Waals surface area contributed by atoms with E-state index in [2.05, 4.69) is 27.6 Å². The van der Waals surface area contributed by atoms with Crippen molar-refractivity contribution in [2.75, 3.05) is 33.7 Å². The maximum absolute atomic E-state index is 13.6. The Bertz CT molecular complexity index is 525. The number of guanidine groups is 1. The van der Waals surface area contributed by atoms with Gasteiger partial charge in [-0.15, -0.1) is 0 Å². The number of hydrogen-bond acceptors (Lipinski definition) is 2. The van der Waals surface area contributed by atoms with Crippen molar-refractivity contribution in [1.82, 2.24) is 15.5 Å². The molecule has 6 heteroatoms. The predicted octanol–water partition coefficient (Wildman–Crippen LogP) is 2.36. The van der Waals surface area contributed by atoms with Gasteiger partial charge < -0.3 is 15.5 Å². The molecule has 0 aliphatic carbocycles. The molecule has 0 aromatic heterocycles. The first-order chi connectivity index (χ1) is 11.1. The number of rotatable bonds is 5. The molecule has 1 fully saturated rings. The Labute approximate surface area is 137 Å². The third-order valence-corrected chi connectivity index (χ3v) is 4.36. The van der Waals surface area contributed by atoms with Crippen LogP contribution in [0.2, 0.25) is 0 Å². The van der Waals surface area contributed by atoms with Gasteiger partial charge in [0.05, 0.1) is 0 Å². The van der Waals surface area contributed by atoms with Gasteiger partial charge in [-0.3, -0.25) is 4.99 Å². The minimum absolute atomic E-state index is 0.206. The van der Waals surface area contributed by atoms with Gasteiger partial charge >= 0.3 is 0 Å². The summed E-state index contributed by atoms with van der Waals surface area (Å²) < 4.78 is 26.7. The van der Waals surface area contributed by atoms with Crippen LogP contribution in [0, 0.1) is 17.6 Å². The Balaban J connectivity index is 1.72. The summed E-state index contributed by atoms with van der Waals surface area (Å²) in [5.41, 5.74) is 0.295. The fraction of sp³-hybridized carbons (Fsp3) is 0.588. The molecule has 1 aliphatic heterocycles. The number of benzene rings is 1. The standard InChI is InChI=1S/C17H26F2N4/c1-20-17(21-8-5-13-6-9-23(2)10-7-13)22-12-14-11-15(18)3-4-16(14)19/h3-4,11,13H,5-10,12H2,1-2H3,(H2,20,21,22). The molecule has 0 saturated carbocycles. The third-order valence-electron chi connectivity index (χ3n) is 4.36. The van der Waals surface area contributed by atoms with Crippen LogP contribution in [-0.4, -0.2) is 44.6 Å². The molecule has 1 saturated heterocycles. The van der Waals surface area contributed by atoms with Crippen molar-refractivity contribution < 1.29 is 8.78 Å². The first kappa shape index (κ1) is 17.7. The fourth-order valence-electron chi connectivity index (χ4n) is 2.82. The second-order valence-electron chi connectivity index (χ2n) is 6.12. The first-order valence-corrected chi connectivity index (χ1v) is 8.15. The molecule has 0 amide bonds. The molecule has 0 atom stereocenters. The highest BCUT2D eigenvalue weighted by Gasteiger charge is 2.16. The molecule has 1 heterocycles. The predicted molar refractivity (Wildman–Crippen MR) is 89.4 cm³/mol. The van der Waals surface area contributed by atoms with Crippen molar-refractivity contribution in [3.05, 3.63) is 35.4 Å². The molecule has 0 bridgehead atoms. The van der Waals surface area contributed by atoms with E-state index in [1.54, 1.807) is 7.05 Å². The Hall–Kier alpha value is -1.69. The van der Waals surface area contributed by atoms with Gasteiger partial charge in [-0.25, -0.2) is 8.78 Å². The SMILES string of the molecule is CN=C(NCCC1CCN(C)CC1)NCc1cc(F)ccc1F. The maximum Gasteiger partial charge on any atom is 0.191 e. The second kappa shape index (κ2) is 8.82. The topological polar surface area (TPSA) is 39.7 Å². The number of likely N-dealkylation sites (tertiary alicyclic amines) is 1. The van der Waals surface area contributed by atoms with E-state index in [-0.39, 0.29) is 6.54 Å². The zero-order valence-corrected chi connectivity index (χ0v) is 13.9. The zero-order chi connectivity index (χ0) is 16.7. The van der Waals surface area contributed by atoms with Gasteiger partial charge in [0.1, 0.15) is 11.6 Å². The Morgan fingerprint density at radius 2 is 2.00 bits per heavy atom. The van der Waals surface area contributed by atoms with Crippen LogP contribution in [0.15, 0.2) is 23.2 Å². The lowest BCUT2D eigenvalue weighted by Gasteiger charge is -2.29. The van der Waals surface area contributed by atoms with Crippen LogP contribution in [0.3, 0.4) is 0 Å². The lowest BCUT2D eigenvalue weighted by molar-refractivity contribution is 0.213. The zero-order valence-electron chi connectivity index (χ0n) is 13.9. The second-order valence-corrected chi connectivity index (χ2v) is 6.12. The monoisotopic (exact) mass is 324 g/mol. The average Bonchev–Trinajstić information content (AvgIpc) is 2.55. The van der Waals surface area contributed by atoms with Crippen LogP contribution < -0.4 is 10.6 Å². The van der Waals surface area contributed by atoms with Gasteiger partial charge in [-0.05, 0) is 63.5 Å². The number of aliphatic imine (C=N–C) groups is 1. The lowest BCUT2D eigenvalue weighted by Crippen LogP contribution is -2.38. The van der Waals surface area contributed by atoms with Crippen LogP contribution in [0.1, 0.15) is 24.8 Å². The highest BCUT2D eigenvalue weighted by Crippen LogP contribution is 2.18. The average molecular weight is 324 g/mol. The molecule has 2 rings (SSSR count). The normalized spacial score (nSPS) is 17.3. The van der Waals surface area contributed by atoms with Crippen molar-refractivity contribution in [2.24, 2.45) is 10.9 Å². The summed E-state index contributed by atoms with van der Waals surface area (Å²) in [6, 6.07) is 3.46. The van der Waals surface area contributed by atoms with Crippen LogP contribution in [-0.2, 0) is 6.54 Å². The maximum atomic E-state index is 13.6. The van der Waals surface area contributed by atoms with Crippen molar-refractivity contribution in [3.63, 3.8) is 0 Å². The van der Waals surface area contributed by atoms with Crippen LogP contribution in [0.25, 0.3) is 0 Å². The van der Waals surface area contributed by atoms with Crippen molar-refractivity contribution in [2.45, 2.75) is 25.8 Å². The highest BCUT2D eigenvalue weighted by atomic mass is 19.1. The molecule has 4 nitrogen and oxygen atoms in total. The minimum atomic E-state index is -0.437. The Morgan fingerprint density at radius 1 is 1.26 bits per heavy atom. The van der Waals surface area contributed by atoms with E-state index in [0.29, 0.717) is 11.5 Å². The quantitative estimate of drug-likeness (QED) is 0.645. The molecule has 1 aliphatic rings. The Kier molecular flexibility index (Phi) is 6.77. The summed E-state index contributed by atoms with van der Waals surface area (Å²) in [5.74, 6) is 0.508. The van der Waals surface area contributed by atoms with Gasteiger partial charge in [0, 0.05) is 25.7 Å². The summed E-state index contributed by atoms with van der Waals surface area (Å²) in [7, 11) is 3.83. The van der Waals surface area contributed by atoms with Gasteiger partial charge in [-0.2, -0.15) is 0 Å². The summed E-state index contributed by atoms with van der Waals surface area (Å²) in [6.07, 6.45) is 3.57. The molecule has 0 spiro atoms. The molecule has 0 unspecified atom stereocenters. The minimum Gasteiger partial charge on any atom is -0.356 e. The molecular formula is C17H26F2N4. The highest BCUT2D eigenvalue weighted by molar-refractivity contribution is 5.79. The van der Waals surface area contributed by atoms with Gasteiger partial charge in [0.15, 0.2) is 5.96 Å². The van der Waals surface area contributed by atoms with E-state index in [1.165, 1.54) is 18.9 Å². The number of nitrogens with zero attached hydrogens (tertiary/aromatic N) is 2. The number of halogens is 2. The summed E-state index contributed by atoms with van der Waals surface area (Å²) in [4.78, 5) is 6.48. The van der Waals surface area contributed by atoms with Gasteiger partial charge in [-0.1, -0.05) is 0 Å². The Morgan fingerprint density at radius 3 is 2.70 bits per heavy atom. The van der Waals surface area contributed by atoms with E-state index >= 15 is 0 Å².